The van der Waals surface area contributed by atoms with Gasteiger partial charge >= 0.3 is 0 Å². The van der Waals surface area contributed by atoms with Crippen LogP contribution >= 0.6 is 11.3 Å². The third-order valence-corrected chi connectivity index (χ3v) is 5.22. The van der Waals surface area contributed by atoms with Crippen molar-refractivity contribution >= 4 is 33.1 Å². The van der Waals surface area contributed by atoms with Crippen LogP contribution in [0.15, 0.2) is 0 Å². The van der Waals surface area contributed by atoms with E-state index in [0.29, 0.717) is 16.6 Å². The first-order valence-corrected chi connectivity index (χ1v) is 7.65. The molecule has 0 aliphatic carbocycles. The number of hydrogen-bond donors (Lipinski definition) is 1. The first-order valence-electron chi connectivity index (χ1n) is 6.83. The number of likely N-dealkylation sites (tertiary alicyclic amines) is 1. The molecule has 20 heavy (non-hydrogen) atoms. The standard InChI is InChI=1S/C14H18N4OS/c1-7-5-4-6-18(7)14(19)12-11(15)10-8(2)9(3)16-17-13(10)20-12/h7H,4-6,15H2,1-3H3/t7-/m1/s1. The Kier molecular flexibility index (Phi) is 3.12. The summed E-state index contributed by atoms with van der Waals surface area (Å²) in [5.74, 6) is 0.0348. The number of rotatable bonds is 1. The fourth-order valence-electron chi connectivity index (χ4n) is 2.76. The van der Waals surface area contributed by atoms with E-state index in [1.807, 2.05) is 18.7 Å². The highest BCUT2D eigenvalue weighted by atomic mass is 32.1. The number of aryl methyl sites for hydroxylation is 2. The van der Waals surface area contributed by atoms with Crippen LogP contribution in [0.3, 0.4) is 0 Å². The molecule has 0 aromatic carbocycles. The fraction of sp³-hybridized carbons (Fsp3) is 0.500. The second-order valence-electron chi connectivity index (χ2n) is 5.43. The average Bonchev–Trinajstić information content (AvgIpc) is 2.98. The van der Waals surface area contributed by atoms with Gasteiger partial charge in [-0.2, -0.15) is 5.10 Å². The van der Waals surface area contributed by atoms with Crippen LogP contribution in [0.4, 0.5) is 5.69 Å². The van der Waals surface area contributed by atoms with Gasteiger partial charge in [0.2, 0.25) is 0 Å². The Bertz CT molecular complexity index is 694. The van der Waals surface area contributed by atoms with Gasteiger partial charge in [-0.15, -0.1) is 16.4 Å². The van der Waals surface area contributed by atoms with Gasteiger partial charge in [-0.3, -0.25) is 4.79 Å². The number of nitrogen functional groups attached to an aromatic ring is 1. The van der Waals surface area contributed by atoms with Crippen LogP contribution in [-0.4, -0.2) is 33.6 Å². The summed E-state index contributed by atoms with van der Waals surface area (Å²) in [5, 5.41) is 9.17. The summed E-state index contributed by atoms with van der Waals surface area (Å²) >= 11 is 1.35. The topological polar surface area (TPSA) is 72.1 Å². The maximum Gasteiger partial charge on any atom is 0.266 e. The number of carbonyl (C=O) groups is 1. The Morgan fingerprint density at radius 1 is 1.40 bits per heavy atom. The number of anilines is 1. The highest BCUT2D eigenvalue weighted by molar-refractivity contribution is 7.21. The van der Waals surface area contributed by atoms with Gasteiger partial charge in [0.25, 0.3) is 5.91 Å². The largest absolute Gasteiger partial charge is 0.397 e. The smallest absolute Gasteiger partial charge is 0.266 e. The predicted octanol–water partition coefficient (Wildman–Crippen LogP) is 2.51. The molecular formula is C14H18N4OS. The van der Waals surface area contributed by atoms with E-state index in [1.165, 1.54) is 11.3 Å². The molecule has 0 spiro atoms. The van der Waals surface area contributed by atoms with Crippen molar-refractivity contribution < 1.29 is 4.79 Å². The van der Waals surface area contributed by atoms with E-state index < -0.39 is 0 Å². The molecule has 2 N–H and O–H groups in total. The Hall–Kier alpha value is -1.69. The van der Waals surface area contributed by atoms with Crippen molar-refractivity contribution in [3.8, 4) is 0 Å². The number of aromatic nitrogens is 2. The van der Waals surface area contributed by atoms with Crippen LogP contribution in [0.1, 0.15) is 40.7 Å². The van der Waals surface area contributed by atoms with Crippen LogP contribution in [0.2, 0.25) is 0 Å². The zero-order valence-electron chi connectivity index (χ0n) is 11.9. The number of amides is 1. The molecule has 1 amide bonds. The number of nitrogens with zero attached hydrogens (tertiary/aromatic N) is 3. The molecule has 1 aliphatic heterocycles. The van der Waals surface area contributed by atoms with Crippen molar-refractivity contribution in [1.82, 2.24) is 15.1 Å². The molecule has 1 saturated heterocycles. The first-order chi connectivity index (χ1) is 9.50. The summed E-state index contributed by atoms with van der Waals surface area (Å²) < 4.78 is 0. The maximum absolute atomic E-state index is 12.7. The van der Waals surface area contributed by atoms with Crippen molar-refractivity contribution in [1.29, 1.82) is 0 Å². The highest BCUT2D eigenvalue weighted by Crippen LogP contribution is 2.36. The molecule has 2 aromatic rings. The third kappa shape index (κ3) is 1.86. The number of hydrogen-bond acceptors (Lipinski definition) is 5. The minimum Gasteiger partial charge on any atom is -0.397 e. The number of carbonyl (C=O) groups excluding carboxylic acids is 1. The van der Waals surface area contributed by atoms with Crippen LogP contribution in [0.25, 0.3) is 10.2 Å². The van der Waals surface area contributed by atoms with Gasteiger partial charge in [0.15, 0.2) is 0 Å². The van der Waals surface area contributed by atoms with Crippen LogP contribution in [0.5, 0.6) is 0 Å². The second-order valence-corrected chi connectivity index (χ2v) is 6.42. The van der Waals surface area contributed by atoms with Crippen molar-refractivity contribution in [2.45, 2.75) is 39.7 Å². The normalized spacial score (nSPS) is 18.9. The molecule has 106 valence electrons. The first kappa shape index (κ1) is 13.3. The Balaban J connectivity index is 2.11. The number of fused-ring (bicyclic) bond motifs is 1. The van der Waals surface area contributed by atoms with Crippen molar-refractivity contribution in [3.63, 3.8) is 0 Å². The summed E-state index contributed by atoms with van der Waals surface area (Å²) in [5.41, 5.74) is 8.65. The molecule has 1 fully saturated rings. The molecule has 1 atom stereocenters. The van der Waals surface area contributed by atoms with E-state index in [1.54, 1.807) is 0 Å². The van der Waals surface area contributed by atoms with Crippen molar-refractivity contribution in [3.05, 3.63) is 16.1 Å². The lowest BCUT2D eigenvalue weighted by molar-refractivity contribution is 0.0753. The molecule has 2 aromatic heterocycles. The zero-order chi connectivity index (χ0) is 14.4. The summed E-state index contributed by atoms with van der Waals surface area (Å²) in [6.45, 7) is 6.78. The SMILES string of the molecule is Cc1nnc2sc(C(=O)N3CCC[C@H]3C)c(N)c2c1C. The zero-order valence-corrected chi connectivity index (χ0v) is 12.8. The summed E-state index contributed by atoms with van der Waals surface area (Å²) in [7, 11) is 0. The summed E-state index contributed by atoms with van der Waals surface area (Å²) in [6.07, 6.45) is 2.13. The number of nitrogens with two attached hydrogens (primary N) is 1. The minimum absolute atomic E-state index is 0.0348. The van der Waals surface area contributed by atoms with E-state index in [4.69, 9.17) is 5.73 Å². The lowest BCUT2D eigenvalue weighted by Gasteiger charge is -2.20. The molecule has 0 bridgehead atoms. The van der Waals surface area contributed by atoms with Gasteiger partial charge < -0.3 is 10.6 Å². The Labute approximate surface area is 121 Å². The fourth-order valence-corrected chi connectivity index (χ4v) is 3.82. The van der Waals surface area contributed by atoms with Crippen molar-refractivity contribution in [2.24, 2.45) is 0 Å². The molecule has 0 unspecified atom stereocenters. The van der Waals surface area contributed by atoms with E-state index >= 15 is 0 Å². The lowest BCUT2D eigenvalue weighted by atomic mass is 10.1. The molecule has 3 heterocycles. The van der Waals surface area contributed by atoms with Gasteiger partial charge in [0.1, 0.15) is 9.71 Å². The predicted molar refractivity (Wildman–Crippen MR) is 81.0 cm³/mol. The second kappa shape index (κ2) is 4.70. The maximum atomic E-state index is 12.7. The van der Waals surface area contributed by atoms with E-state index in [2.05, 4.69) is 17.1 Å². The summed E-state index contributed by atoms with van der Waals surface area (Å²) in [4.78, 5) is 15.9. The Morgan fingerprint density at radius 3 is 2.80 bits per heavy atom. The van der Waals surface area contributed by atoms with Crippen LogP contribution < -0.4 is 5.73 Å². The van der Waals surface area contributed by atoms with Crippen LogP contribution in [0, 0.1) is 13.8 Å². The monoisotopic (exact) mass is 290 g/mol. The van der Waals surface area contributed by atoms with Gasteiger partial charge in [-0.25, -0.2) is 0 Å². The van der Waals surface area contributed by atoms with Crippen LogP contribution in [-0.2, 0) is 0 Å². The van der Waals surface area contributed by atoms with Gasteiger partial charge in [-0.05, 0) is 39.2 Å². The minimum atomic E-state index is 0.0348. The molecule has 5 nitrogen and oxygen atoms in total. The average molecular weight is 290 g/mol. The molecule has 0 saturated carbocycles. The molecule has 6 heteroatoms. The highest BCUT2D eigenvalue weighted by Gasteiger charge is 2.29. The lowest BCUT2D eigenvalue weighted by Crippen LogP contribution is -2.33. The van der Waals surface area contributed by atoms with Gasteiger partial charge in [0.05, 0.1) is 11.4 Å². The van der Waals surface area contributed by atoms with E-state index in [-0.39, 0.29) is 5.91 Å². The van der Waals surface area contributed by atoms with E-state index in [0.717, 1.165) is 40.9 Å². The Morgan fingerprint density at radius 2 is 2.15 bits per heavy atom. The van der Waals surface area contributed by atoms with Gasteiger partial charge in [-0.1, -0.05) is 0 Å². The third-order valence-electron chi connectivity index (χ3n) is 4.14. The number of thiophene rings is 1. The van der Waals surface area contributed by atoms with E-state index in [9.17, 15) is 4.79 Å². The molecule has 0 radical (unpaired) electrons. The molecule has 1 aliphatic rings. The molecule has 3 rings (SSSR count). The quantitative estimate of drug-likeness (QED) is 0.876. The van der Waals surface area contributed by atoms with Crippen molar-refractivity contribution in [2.75, 3.05) is 12.3 Å². The summed E-state index contributed by atoms with van der Waals surface area (Å²) in [6, 6.07) is 0.293. The van der Waals surface area contributed by atoms with Gasteiger partial charge in [0, 0.05) is 18.0 Å². The molecular weight excluding hydrogens is 272 g/mol.